The molecular formula is C67H89N5O12. The molecular weight excluding hydrogens is 1070 g/mol. The van der Waals surface area contributed by atoms with Crippen LogP contribution in [-0.4, -0.2) is 123 Å². The fraction of sp³-hybridized carbons (Fsp3) is 0.403. The zero-order chi connectivity index (χ0) is 64.0. The first-order chi connectivity index (χ1) is 39.4. The molecule has 84 heavy (non-hydrogen) atoms. The molecule has 3 heterocycles. The number of para-hydroxylation sites is 1. The van der Waals surface area contributed by atoms with Crippen LogP contribution in [0.3, 0.4) is 0 Å². The summed E-state index contributed by atoms with van der Waals surface area (Å²) in [7, 11) is 5.24. The highest BCUT2D eigenvalue weighted by atomic mass is 16.4. The van der Waals surface area contributed by atoms with Crippen molar-refractivity contribution in [3.8, 4) is 5.75 Å². The SMILES string of the molecule is CC(=O)CC(=O)N(C)C.CC(=O)CC(C)=O.CC(=O)c1ccccc1O.CC(C)(C)C(=O)CC(=O)C(C)(C)C.CCCCNC.O=C(CC(=O)c1ccccc1)c1ccccc1.O=C(O)[C@@H]1CCCN1.c1cnc2c(c1)ccc1cccnc12. The number of rotatable bonds is 15. The summed E-state index contributed by atoms with van der Waals surface area (Å²) in [5.41, 5.74) is 2.69. The fourth-order valence-electron chi connectivity index (χ4n) is 6.70. The van der Waals surface area contributed by atoms with E-state index in [0.717, 1.165) is 47.7 Å². The predicted molar refractivity (Wildman–Crippen MR) is 332 cm³/mol. The molecule has 0 spiro atoms. The van der Waals surface area contributed by atoms with Crippen molar-refractivity contribution >= 4 is 79.9 Å². The van der Waals surface area contributed by atoms with Crippen LogP contribution in [-0.2, 0) is 33.6 Å². The lowest BCUT2D eigenvalue weighted by molar-refractivity contribution is -0.139. The van der Waals surface area contributed by atoms with Crippen molar-refractivity contribution in [1.82, 2.24) is 25.5 Å². The average Bonchev–Trinajstić information content (AvgIpc) is 3.39. The molecule has 4 aromatic carbocycles. The monoisotopic (exact) mass is 1160 g/mol. The molecule has 17 nitrogen and oxygen atoms in total. The van der Waals surface area contributed by atoms with Crippen molar-refractivity contribution in [2.45, 2.75) is 134 Å². The van der Waals surface area contributed by atoms with Gasteiger partial charge in [0.1, 0.15) is 40.7 Å². The third-order valence-corrected chi connectivity index (χ3v) is 11.7. The van der Waals surface area contributed by atoms with Crippen molar-refractivity contribution in [3.63, 3.8) is 0 Å². The van der Waals surface area contributed by atoms with Crippen LogP contribution in [0.1, 0.15) is 159 Å². The van der Waals surface area contributed by atoms with E-state index in [9.17, 15) is 47.9 Å². The van der Waals surface area contributed by atoms with Crippen LogP contribution in [0.4, 0.5) is 0 Å². The molecule has 17 heteroatoms. The third-order valence-electron chi connectivity index (χ3n) is 11.7. The Hall–Kier alpha value is -8.28. The molecule has 1 fully saturated rings. The minimum absolute atomic E-state index is 0.0208. The Bertz CT molecular complexity index is 2890. The number of hydrogen-bond acceptors (Lipinski definition) is 15. The van der Waals surface area contributed by atoms with Crippen LogP contribution >= 0.6 is 0 Å². The number of nitrogens with one attached hydrogen (secondary N) is 2. The molecule has 1 saturated heterocycles. The molecule has 1 atom stereocenters. The molecule has 1 amide bonds. The number of hydrogen-bond donors (Lipinski definition) is 4. The summed E-state index contributed by atoms with van der Waals surface area (Å²) >= 11 is 0. The summed E-state index contributed by atoms with van der Waals surface area (Å²) in [4.78, 5) is 119. The molecule has 0 saturated carbocycles. The second-order valence-electron chi connectivity index (χ2n) is 21.8. The normalized spacial score (nSPS) is 11.9. The zero-order valence-electron chi connectivity index (χ0n) is 51.7. The standard InChI is InChI=1S/C15H12O2.C12H8N2.C11H20O2.C8H8O2.C6H11NO2.C5H9NO2.C5H13N.C5H8O2/c16-14(12-7-3-1-4-8-12)11-15(17)13-9-5-2-6-10-13;1-3-9-5-6-10-4-2-8-14-12(10)11(9)13-7-1;1-10(2,3)8(12)7-9(13)11(4,5)6;1-6(9)7-4-2-3-5-8(7)10;1-5(8)4-6(9)7(2)3;7-5(8)4-2-1-3-6-4;1-3-4-5-6-2;1-4(6)3-5(2)7/h1-10H,11H2;1-8H;7H2,1-6H3;2-5,10H,1H3;4H2,1-3H3;4,6H,1-3H2,(H,7,8);6H,3-5H2,1-2H3;3H2,1-2H3/t;;;;;4-;;/m.....0../s1. The maximum atomic E-state index is 11.8. The van der Waals surface area contributed by atoms with E-state index in [1.165, 1.54) is 51.5 Å². The molecule has 0 bridgehead atoms. The minimum Gasteiger partial charge on any atom is -0.507 e. The number of benzene rings is 4. The predicted octanol–water partition coefficient (Wildman–Crippen LogP) is 11.6. The van der Waals surface area contributed by atoms with E-state index in [2.05, 4.69) is 51.8 Å². The van der Waals surface area contributed by atoms with E-state index in [4.69, 9.17) is 10.2 Å². The van der Waals surface area contributed by atoms with Gasteiger partial charge in [-0.15, -0.1) is 0 Å². The Labute approximate surface area is 496 Å². The summed E-state index contributed by atoms with van der Waals surface area (Å²) in [5, 5.41) is 25.6. The number of amides is 1. The minimum atomic E-state index is -0.720. The quantitative estimate of drug-likeness (QED) is 0.0322. The smallest absolute Gasteiger partial charge is 0.320 e. The number of carbonyl (C=O) groups is 10. The van der Waals surface area contributed by atoms with Crippen molar-refractivity contribution in [3.05, 3.63) is 150 Å². The van der Waals surface area contributed by atoms with Crippen molar-refractivity contribution in [2.24, 2.45) is 10.8 Å². The van der Waals surface area contributed by atoms with E-state index < -0.39 is 16.8 Å². The number of phenols is 1. The van der Waals surface area contributed by atoms with Crippen LogP contribution in [0, 0.1) is 10.8 Å². The third kappa shape index (κ3) is 33.6. The number of Topliss-reactive ketones (excluding diaryl/α,β-unsaturated/α-hetero) is 8. The topological polar surface area (TPSA) is 264 Å². The number of carbonyl (C=O) groups excluding carboxylic acids is 9. The highest BCUT2D eigenvalue weighted by Crippen LogP contribution is 2.23. The summed E-state index contributed by atoms with van der Waals surface area (Å²) in [6.45, 7) is 20.9. The van der Waals surface area contributed by atoms with Crippen LogP contribution in [0.15, 0.2) is 134 Å². The Balaban J connectivity index is 0.000000959. The van der Waals surface area contributed by atoms with Gasteiger partial charge in [-0.2, -0.15) is 0 Å². The zero-order valence-corrected chi connectivity index (χ0v) is 51.7. The summed E-state index contributed by atoms with van der Waals surface area (Å²) in [6.07, 6.45) is 8.07. The van der Waals surface area contributed by atoms with E-state index in [0.29, 0.717) is 16.7 Å². The van der Waals surface area contributed by atoms with Gasteiger partial charge in [0.25, 0.3) is 0 Å². The lowest BCUT2D eigenvalue weighted by Crippen LogP contribution is -2.29. The Morgan fingerprint density at radius 3 is 1.29 bits per heavy atom. The molecule has 1 aliphatic heterocycles. The van der Waals surface area contributed by atoms with Gasteiger partial charge in [0.2, 0.25) is 5.91 Å². The average molecular weight is 1160 g/mol. The van der Waals surface area contributed by atoms with Gasteiger partial charge < -0.3 is 25.7 Å². The second-order valence-corrected chi connectivity index (χ2v) is 21.8. The summed E-state index contributed by atoms with van der Waals surface area (Å²) in [6, 6.07) is 36.1. The number of aromatic nitrogens is 2. The molecule has 7 rings (SSSR count). The first-order valence-corrected chi connectivity index (χ1v) is 27.8. The number of aliphatic carboxylic acids is 1. The Kier molecular flexibility index (Phi) is 36.8. The largest absolute Gasteiger partial charge is 0.507 e. The fourth-order valence-corrected chi connectivity index (χ4v) is 6.70. The van der Waals surface area contributed by atoms with Gasteiger partial charge in [-0.1, -0.05) is 152 Å². The van der Waals surface area contributed by atoms with E-state index in [-0.39, 0.29) is 89.6 Å². The second kappa shape index (κ2) is 40.8. The lowest BCUT2D eigenvalue weighted by Gasteiger charge is -2.20. The maximum absolute atomic E-state index is 11.8. The number of nitrogens with zero attached hydrogens (tertiary/aromatic N) is 3. The molecule has 6 aromatic rings. The van der Waals surface area contributed by atoms with Gasteiger partial charge in [0.15, 0.2) is 17.3 Å². The number of carboxylic acids is 1. The molecule has 0 unspecified atom stereocenters. The molecule has 0 aliphatic carbocycles. The Morgan fingerprint density at radius 1 is 0.583 bits per heavy atom. The van der Waals surface area contributed by atoms with Crippen LogP contribution in [0.25, 0.3) is 21.8 Å². The van der Waals surface area contributed by atoms with Crippen molar-refractivity contribution < 1.29 is 58.2 Å². The number of unbranched alkanes of at least 4 members (excludes halogenated alkanes) is 1. The summed E-state index contributed by atoms with van der Waals surface area (Å²) in [5.74, 6) is -1.37. The number of aromatic hydroxyl groups is 1. The van der Waals surface area contributed by atoms with Gasteiger partial charge in [-0.05, 0) is 91.4 Å². The van der Waals surface area contributed by atoms with Gasteiger partial charge >= 0.3 is 5.97 Å². The first kappa shape index (κ1) is 75.7. The molecule has 2 aromatic heterocycles. The Morgan fingerprint density at radius 2 is 1.01 bits per heavy atom. The van der Waals surface area contributed by atoms with E-state index >= 15 is 0 Å². The van der Waals surface area contributed by atoms with Crippen LogP contribution < -0.4 is 10.6 Å². The number of phenolic OH excluding ortho intramolecular Hbond substituents is 1. The lowest BCUT2D eigenvalue weighted by atomic mass is 9.82. The number of fused-ring (bicyclic) bond motifs is 3. The molecule has 454 valence electrons. The van der Waals surface area contributed by atoms with Crippen LogP contribution in [0.5, 0.6) is 5.75 Å². The number of ketones is 8. The van der Waals surface area contributed by atoms with Gasteiger partial charge in [-0.3, -0.25) is 57.9 Å². The highest BCUT2D eigenvalue weighted by Gasteiger charge is 2.29. The number of carboxylic acid groups (broad SMARTS) is 1. The van der Waals surface area contributed by atoms with E-state index in [1.54, 1.807) is 93.2 Å². The molecule has 1 aliphatic rings. The van der Waals surface area contributed by atoms with Crippen LogP contribution in [0.2, 0.25) is 0 Å². The van der Waals surface area contributed by atoms with Gasteiger partial charge in [0, 0.05) is 59.2 Å². The van der Waals surface area contributed by atoms with Gasteiger partial charge in [-0.25, -0.2) is 0 Å². The summed E-state index contributed by atoms with van der Waals surface area (Å²) < 4.78 is 0. The van der Waals surface area contributed by atoms with Gasteiger partial charge in [0.05, 0.1) is 42.3 Å². The maximum Gasteiger partial charge on any atom is 0.320 e. The van der Waals surface area contributed by atoms with Crippen molar-refractivity contribution in [2.75, 3.05) is 34.2 Å². The molecule has 0 radical (unpaired) electrons. The van der Waals surface area contributed by atoms with E-state index in [1.807, 2.05) is 72.9 Å². The highest BCUT2D eigenvalue weighted by molar-refractivity contribution is 6.13. The molecule has 4 N–H and O–H groups in total. The number of pyridine rings is 2. The van der Waals surface area contributed by atoms with Crippen molar-refractivity contribution in [1.29, 1.82) is 0 Å². The first-order valence-electron chi connectivity index (χ1n) is 27.8.